The first kappa shape index (κ1) is 16.3. The van der Waals surface area contributed by atoms with Crippen LogP contribution in [0.1, 0.15) is 16.8 Å². The highest BCUT2D eigenvalue weighted by Crippen LogP contribution is 2.05. The third kappa shape index (κ3) is 5.10. The first-order chi connectivity index (χ1) is 9.56. The highest BCUT2D eigenvalue weighted by atomic mass is 32.1. The number of hydrogen-bond donors (Lipinski definition) is 2. The van der Waals surface area contributed by atoms with Gasteiger partial charge in [-0.2, -0.15) is 0 Å². The van der Waals surface area contributed by atoms with Crippen molar-refractivity contribution in [2.45, 2.75) is 6.42 Å². The molecule has 0 aliphatic carbocycles. The summed E-state index contributed by atoms with van der Waals surface area (Å²) in [5.74, 6) is -1.12. The largest absolute Gasteiger partial charge is 0.385 e. The van der Waals surface area contributed by atoms with Crippen LogP contribution in [-0.4, -0.2) is 43.3 Å². The predicted molar refractivity (Wildman–Crippen MR) is 78.7 cm³/mol. The van der Waals surface area contributed by atoms with Gasteiger partial charge in [-0.05, 0) is 30.8 Å². The number of rotatable bonds is 5. The zero-order valence-corrected chi connectivity index (χ0v) is 12.3. The zero-order chi connectivity index (χ0) is 15.0. The fourth-order valence-electron chi connectivity index (χ4n) is 1.44. The second-order valence-electron chi connectivity index (χ2n) is 4.06. The van der Waals surface area contributed by atoms with Gasteiger partial charge >= 0.3 is 0 Å². The van der Waals surface area contributed by atoms with Crippen LogP contribution in [0.3, 0.4) is 0 Å². The molecule has 2 N–H and O–H groups in total. The van der Waals surface area contributed by atoms with E-state index in [1.165, 1.54) is 23.2 Å². The summed E-state index contributed by atoms with van der Waals surface area (Å²) >= 11 is 5.09. The molecule has 5 nitrogen and oxygen atoms in total. The number of thiocarbonyl (C=S) groups is 1. The van der Waals surface area contributed by atoms with E-state index in [2.05, 4.69) is 10.7 Å². The van der Waals surface area contributed by atoms with Crippen LogP contribution in [-0.2, 0) is 4.74 Å². The van der Waals surface area contributed by atoms with Crippen molar-refractivity contribution in [3.8, 4) is 0 Å². The van der Waals surface area contributed by atoms with E-state index >= 15 is 0 Å². The predicted octanol–water partition coefficient (Wildman–Crippen LogP) is 1.31. The number of amides is 1. The summed E-state index contributed by atoms with van der Waals surface area (Å²) in [4.78, 5) is 11.9. The molecule has 0 fully saturated rings. The summed E-state index contributed by atoms with van der Waals surface area (Å²) in [7, 11) is 3.21. The van der Waals surface area contributed by atoms with E-state index in [0.29, 0.717) is 18.3 Å². The second kappa shape index (κ2) is 8.44. The van der Waals surface area contributed by atoms with E-state index in [4.69, 9.17) is 17.0 Å². The fraction of sp³-hybridized carbons (Fsp3) is 0.385. The minimum absolute atomic E-state index is 0.0264. The van der Waals surface area contributed by atoms with E-state index in [0.717, 1.165) is 6.42 Å². The van der Waals surface area contributed by atoms with Gasteiger partial charge in [0.2, 0.25) is 0 Å². The van der Waals surface area contributed by atoms with Gasteiger partial charge in [0.25, 0.3) is 5.91 Å². The van der Waals surface area contributed by atoms with Gasteiger partial charge in [-0.25, -0.2) is 4.39 Å². The normalized spacial score (nSPS) is 9.95. The van der Waals surface area contributed by atoms with Crippen LogP contribution in [0.15, 0.2) is 24.3 Å². The summed E-state index contributed by atoms with van der Waals surface area (Å²) < 4.78 is 18.3. The number of hydrogen-bond acceptors (Lipinski definition) is 3. The summed E-state index contributed by atoms with van der Waals surface area (Å²) in [6.45, 7) is 1.26. The Labute approximate surface area is 123 Å². The van der Waals surface area contributed by atoms with Crippen LogP contribution < -0.4 is 10.7 Å². The first-order valence-corrected chi connectivity index (χ1v) is 6.53. The van der Waals surface area contributed by atoms with E-state index in [-0.39, 0.29) is 5.56 Å². The molecule has 0 radical (unpaired) electrons. The van der Waals surface area contributed by atoms with Gasteiger partial charge < -0.3 is 10.1 Å². The Bertz CT molecular complexity index is 471. The van der Waals surface area contributed by atoms with Crippen molar-refractivity contribution in [3.63, 3.8) is 0 Å². The molecule has 0 spiro atoms. The molecular weight excluding hydrogens is 281 g/mol. The summed E-state index contributed by atoms with van der Waals surface area (Å²) in [5.41, 5.74) is 2.47. The van der Waals surface area contributed by atoms with Gasteiger partial charge in [0.15, 0.2) is 5.11 Å². The van der Waals surface area contributed by atoms with Gasteiger partial charge in [-0.3, -0.25) is 15.2 Å². The van der Waals surface area contributed by atoms with Crippen LogP contribution in [0.2, 0.25) is 0 Å². The Morgan fingerprint density at radius 1 is 1.45 bits per heavy atom. The van der Waals surface area contributed by atoms with Crippen LogP contribution in [0, 0.1) is 5.82 Å². The molecule has 0 aromatic heterocycles. The lowest BCUT2D eigenvalue weighted by Gasteiger charge is -2.21. The molecular formula is C13H18FN3O2S. The van der Waals surface area contributed by atoms with Crippen molar-refractivity contribution in [2.24, 2.45) is 0 Å². The maximum absolute atomic E-state index is 13.4. The van der Waals surface area contributed by atoms with E-state index in [1.54, 1.807) is 20.2 Å². The molecule has 0 bridgehead atoms. The molecule has 0 saturated heterocycles. The van der Waals surface area contributed by atoms with Crippen LogP contribution in [0.4, 0.5) is 4.39 Å². The van der Waals surface area contributed by atoms with Crippen LogP contribution in [0.25, 0.3) is 0 Å². The Morgan fingerprint density at radius 2 is 2.15 bits per heavy atom. The Balaban J connectivity index is 2.45. The minimum Gasteiger partial charge on any atom is -0.385 e. The maximum atomic E-state index is 13.4. The van der Waals surface area contributed by atoms with Crippen molar-refractivity contribution >= 4 is 23.2 Å². The zero-order valence-electron chi connectivity index (χ0n) is 11.5. The van der Waals surface area contributed by atoms with Gasteiger partial charge in [0.1, 0.15) is 5.82 Å². The average molecular weight is 299 g/mol. The smallest absolute Gasteiger partial charge is 0.272 e. The van der Waals surface area contributed by atoms with E-state index in [9.17, 15) is 9.18 Å². The monoisotopic (exact) mass is 299 g/mol. The van der Waals surface area contributed by atoms with Crippen LogP contribution in [0.5, 0.6) is 0 Å². The topological polar surface area (TPSA) is 53.6 Å². The molecule has 0 aliphatic rings. The number of halogens is 1. The molecule has 1 amide bonds. The lowest BCUT2D eigenvalue weighted by molar-refractivity contribution is 0.0882. The van der Waals surface area contributed by atoms with Gasteiger partial charge in [0.05, 0.1) is 5.56 Å². The quantitative estimate of drug-likeness (QED) is 0.488. The number of nitrogens with one attached hydrogen (secondary N) is 2. The molecule has 1 rings (SSSR count). The molecule has 1 aromatic rings. The molecule has 110 valence electrons. The number of carbonyl (C=O) groups is 1. The molecule has 0 atom stereocenters. The number of methoxy groups -OCH3 is 1. The average Bonchev–Trinajstić information content (AvgIpc) is 2.43. The lowest BCUT2D eigenvalue weighted by Crippen LogP contribution is -2.48. The Morgan fingerprint density at radius 3 is 2.80 bits per heavy atom. The number of ether oxygens (including phenoxy) is 1. The summed E-state index contributed by atoms with van der Waals surface area (Å²) in [6.07, 6.45) is 0.797. The minimum atomic E-state index is -0.572. The SMILES string of the molecule is COCCCNC(=S)N(C)NC(=O)c1ccccc1F. The standard InChI is InChI=1S/C13H18FN3O2S/c1-17(13(20)15-8-5-9-19-2)16-12(18)10-6-3-4-7-11(10)14/h3-4,6-7H,5,8-9H2,1-2H3,(H,15,20)(H,16,18). The van der Waals surface area contributed by atoms with E-state index in [1.807, 2.05) is 0 Å². The van der Waals surface area contributed by atoms with Gasteiger partial charge in [-0.1, -0.05) is 12.1 Å². The molecule has 0 saturated carbocycles. The number of benzene rings is 1. The summed E-state index contributed by atoms with van der Waals surface area (Å²) in [5, 5.41) is 4.65. The Kier molecular flexibility index (Phi) is 6.89. The van der Waals surface area contributed by atoms with Gasteiger partial charge in [0, 0.05) is 27.3 Å². The van der Waals surface area contributed by atoms with Crippen molar-refractivity contribution in [1.29, 1.82) is 0 Å². The third-order valence-electron chi connectivity index (χ3n) is 2.49. The molecule has 7 heteroatoms. The first-order valence-electron chi connectivity index (χ1n) is 6.12. The molecule has 20 heavy (non-hydrogen) atoms. The van der Waals surface area contributed by atoms with Crippen molar-refractivity contribution < 1.29 is 13.9 Å². The van der Waals surface area contributed by atoms with Crippen LogP contribution >= 0.6 is 12.2 Å². The molecule has 1 aromatic carbocycles. The molecule has 0 heterocycles. The fourth-order valence-corrected chi connectivity index (χ4v) is 1.59. The number of nitrogens with zero attached hydrogens (tertiary/aromatic N) is 1. The van der Waals surface area contributed by atoms with Crippen molar-refractivity contribution in [3.05, 3.63) is 35.6 Å². The van der Waals surface area contributed by atoms with Gasteiger partial charge in [-0.15, -0.1) is 0 Å². The highest BCUT2D eigenvalue weighted by Gasteiger charge is 2.13. The number of hydrazine groups is 1. The molecule has 0 unspecified atom stereocenters. The molecule has 0 aliphatic heterocycles. The van der Waals surface area contributed by atoms with Crippen molar-refractivity contribution in [1.82, 2.24) is 15.8 Å². The highest BCUT2D eigenvalue weighted by molar-refractivity contribution is 7.80. The van der Waals surface area contributed by atoms with E-state index < -0.39 is 11.7 Å². The Hall–Kier alpha value is -1.73. The second-order valence-corrected chi connectivity index (χ2v) is 4.44. The third-order valence-corrected chi connectivity index (χ3v) is 2.91. The van der Waals surface area contributed by atoms with Crippen molar-refractivity contribution in [2.75, 3.05) is 27.3 Å². The maximum Gasteiger partial charge on any atom is 0.272 e. The summed E-state index contributed by atoms with van der Waals surface area (Å²) in [6, 6.07) is 5.76. The number of carbonyl (C=O) groups excluding carboxylic acids is 1. The lowest BCUT2D eigenvalue weighted by atomic mass is 10.2.